The molecule has 1 aliphatic heterocycles. The van der Waals surface area contributed by atoms with Crippen LogP contribution in [0, 0.1) is 17.1 Å². The molecule has 0 atom stereocenters. The fourth-order valence-corrected chi connectivity index (χ4v) is 4.47. The van der Waals surface area contributed by atoms with Crippen molar-refractivity contribution in [3.05, 3.63) is 59.4 Å². The number of rotatable bonds is 5. The van der Waals surface area contributed by atoms with Gasteiger partial charge in [-0.3, -0.25) is 4.90 Å². The molecule has 1 saturated heterocycles. The van der Waals surface area contributed by atoms with Gasteiger partial charge < -0.3 is 4.74 Å². The van der Waals surface area contributed by atoms with Gasteiger partial charge >= 0.3 is 0 Å². The lowest BCUT2D eigenvalue weighted by molar-refractivity contribution is 0.181. The van der Waals surface area contributed by atoms with E-state index in [-0.39, 0.29) is 10.6 Å². The molecule has 0 saturated carbocycles. The van der Waals surface area contributed by atoms with Crippen molar-refractivity contribution in [1.82, 2.24) is 9.21 Å². The fourth-order valence-electron chi connectivity index (χ4n) is 3.04. The third-order valence-corrected chi connectivity index (χ3v) is 6.49. The van der Waals surface area contributed by atoms with Crippen LogP contribution in [0.3, 0.4) is 0 Å². The summed E-state index contributed by atoms with van der Waals surface area (Å²) in [4.78, 5) is 2.28. The number of sulfonamides is 1. The minimum Gasteiger partial charge on any atom is -0.494 e. The minimum atomic E-state index is -3.58. The highest BCUT2D eigenvalue weighted by atomic mass is 32.2. The Morgan fingerprint density at radius 2 is 1.78 bits per heavy atom. The maximum absolute atomic E-state index is 13.8. The predicted molar refractivity (Wildman–Crippen MR) is 98.1 cm³/mol. The molecular weight excluding hydrogens is 369 g/mol. The van der Waals surface area contributed by atoms with E-state index >= 15 is 0 Å². The van der Waals surface area contributed by atoms with Gasteiger partial charge in [0.2, 0.25) is 10.0 Å². The van der Waals surface area contributed by atoms with E-state index in [1.54, 1.807) is 6.07 Å². The normalized spacial score (nSPS) is 16.0. The van der Waals surface area contributed by atoms with E-state index in [9.17, 15) is 12.8 Å². The maximum atomic E-state index is 13.8. The van der Waals surface area contributed by atoms with Gasteiger partial charge in [-0.15, -0.1) is 0 Å². The topological polar surface area (TPSA) is 73.6 Å². The number of nitrogens with zero attached hydrogens (tertiary/aromatic N) is 3. The molecule has 0 bridgehead atoms. The largest absolute Gasteiger partial charge is 0.494 e. The highest BCUT2D eigenvalue weighted by Gasteiger charge is 2.28. The quantitative estimate of drug-likeness (QED) is 0.784. The Morgan fingerprint density at radius 1 is 1.11 bits per heavy atom. The second kappa shape index (κ2) is 8.05. The minimum absolute atomic E-state index is 0.187. The molecule has 0 unspecified atom stereocenters. The van der Waals surface area contributed by atoms with Crippen LogP contribution >= 0.6 is 0 Å². The first-order chi connectivity index (χ1) is 12.9. The van der Waals surface area contributed by atoms with Crippen LogP contribution in [0.1, 0.15) is 11.1 Å². The number of ether oxygens (including phenoxy) is 1. The van der Waals surface area contributed by atoms with Crippen molar-refractivity contribution in [2.75, 3.05) is 33.3 Å². The Labute approximate surface area is 158 Å². The number of piperazine rings is 1. The van der Waals surface area contributed by atoms with Crippen LogP contribution in [0.25, 0.3) is 0 Å². The van der Waals surface area contributed by atoms with Crippen molar-refractivity contribution in [1.29, 1.82) is 5.26 Å². The zero-order chi connectivity index (χ0) is 19.4. The highest BCUT2D eigenvalue weighted by molar-refractivity contribution is 7.89. The van der Waals surface area contributed by atoms with Crippen LogP contribution < -0.4 is 4.74 Å². The van der Waals surface area contributed by atoms with Gasteiger partial charge in [0.05, 0.1) is 23.6 Å². The molecule has 6 nitrogen and oxygen atoms in total. The molecule has 0 N–H and O–H groups in total. The molecule has 142 valence electrons. The number of benzene rings is 2. The Hall–Kier alpha value is -2.47. The summed E-state index contributed by atoms with van der Waals surface area (Å²) in [6.45, 7) is 2.39. The predicted octanol–water partition coefficient (Wildman–Crippen LogP) is 2.21. The van der Waals surface area contributed by atoms with Gasteiger partial charge in [-0.1, -0.05) is 6.07 Å². The zero-order valence-corrected chi connectivity index (χ0v) is 15.7. The molecule has 2 aromatic carbocycles. The van der Waals surface area contributed by atoms with E-state index in [0.717, 1.165) is 5.56 Å². The summed E-state index contributed by atoms with van der Waals surface area (Å²) in [5, 5.41) is 8.83. The van der Waals surface area contributed by atoms with Gasteiger partial charge in [0, 0.05) is 32.7 Å². The van der Waals surface area contributed by atoms with E-state index in [0.29, 0.717) is 38.3 Å². The van der Waals surface area contributed by atoms with Gasteiger partial charge in [0.15, 0.2) is 11.6 Å². The van der Waals surface area contributed by atoms with Gasteiger partial charge in [-0.05, 0) is 42.0 Å². The van der Waals surface area contributed by atoms with E-state index in [4.69, 9.17) is 10.00 Å². The van der Waals surface area contributed by atoms with Gasteiger partial charge in [0.25, 0.3) is 0 Å². The third kappa shape index (κ3) is 4.27. The van der Waals surface area contributed by atoms with Crippen molar-refractivity contribution in [2.24, 2.45) is 0 Å². The monoisotopic (exact) mass is 389 g/mol. The Kier molecular flexibility index (Phi) is 5.75. The molecule has 2 aromatic rings. The van der Waals surface area contributed by atoms with Crippen molar-refractivity contribution in [3.63, 3.8) is 0 Å². The van der Waals surface area contributed by atoms with Gasteiger partial charge in [0.1, 0.15) is 0 Å². The summed E-state index contributed by atoms with van der Waals surface area (Å²) in [6, 6.07) is 12.7. The standard InChI is InChI=1S/C19H20FN3O3S/c1-26-19-7-4-16(12-18(19)20)14-22-8-10-23(11-9-22)27(24,25)17-5-2-15(13-21)3-6-17/h2-7,12H,8-11,14H2,1H3. The first-order valence-electron chi connectivity index (χ1n) is 8.49. The molecule has 8 heteroatoms. The first kappa shape index (κ1) is 19.3. The van der Waals surface area contributed by atoms with E-state index in [1.807, 2.05) is 12.1 Å². The zero-order valence-electron chi connectivity index (χ0n) is 14.9. The lowest BCUT2D eigenvalue weighted by atomic mass is 10.2. The molecule has 27 heavy (non-hydrogen) atoms. The average Bonchev–Trinajstić information content (AvgIpc) is 2.68. The van der Waals surface area contributed by atoms with Crippen molar-refractivity contribution < 1.29 is 17.5 Å². The smallest absolute Gasteiger partial charge is 0.243 e. The third-order valence-electron chi connectivity index (χ3n) is 4.57. The van der Waals surface area contributed by atoms with E-state index in [2.05, 4.69) is 4.90 Å². The Balaban J connectivity index is 1.62. The van der Waals surface area contributed by atoms with E-state index in [1.165, 1.54) is 41.7 Å². The molecule has 1 heterocycles. The van der Waals surface area contributed by atoms with Crippen LogP contribution in [0.15, 0.2) is 47.4 Å². The molecule has 0 radical (unpaired) electrons. The molecular formula is C19H20FN3O3S. The summed E-state index contributed by atoms with van der Waals surface area (Å²) >= 11 is 0. The summed E-state index contributed by atoms with van der Waals surface area (Å²) in [7, 11) is -2.16. The molecule has 1 aliphatic rings. The average molecular weight is 389 g/mol. The van der Waals surface area contributed by atoms with Crippen LogP contribution in [-0.4, -0.2) is 50.9 Å². The molecule has 3 rings (SSSR count). The van der Waals surface area contributed by atoms with Crippen LogP contribution in [0.5, 0.6) is 5.75 Å². The Bertz CT molecular complexity index is 947. The number of nitriles is 1. The summed E-state index contributed by atoms with van der Waals surface area (Å²) in [5.41, 5.74) is 1.24. The lowest BCUT2D eigenvalue weighted by Crippen LogP contribution is -2.48. The van der Waals surface area contributed by atoms with Crippen LogP contribution in [0.2, 0.25) is 0 Å². The van der Waals surface area contributed by atoms with Crippen molar-refractivity contribution in [2.45, 2.75) is 11.4 Å². The van der Waals surface area contributed by atoms with Crippen molar-refractivity contribution in [3.8, 4) is 11.8 Å². The number of methoxy groups -OCH3 is 1. The molecule has 1 fully saturated rings. The van der Waals surface area contributed by atoms with Crippen LogP contribution in [0.4, 0.5) is 4.39 Å². The fraction of sp³-hybridized carbons (Fsp3) is 0.316. The van der Waals surface area contributed by atoms with Crippen LogP contribution in [-0.2, 0) is 16.6 Å². The summed E-state index contributed by atoms with van der Waals surface area (Å²) in [5.74, 6) is -0.200. The second-order valence-corrected chi connectivity index (χ2v) is 8.22. The highest BCUT2D eigenvalue weighted by Crippen LogP contribution is 2.21. The summed E-state index contributed by atoms with van der Waals surface area (Å²) in [6.07, 6.45) is 0. The second-order valence-electron chi connectivity index (χ2n) is 6.29. The number of hydrogen-bond acceptors (Lipinski definition) is 5. The molecule has 0 amide bonds. The van der Waals surface area contributed by atoms with Gasteiger partial charge in [-0.2, -0.15) is 9.57 Å². The first-order valence-corrected chi connectivity index (χ1v) is 9.93. The van der Waals surface area contributed by atoms with Gasteiger partial charge in [-0.25, -0.2) is 12.8 Å². The molecule has 0 aromatic heterocycles. The van der Waals surface area contributed by atoms with Crippen molar-refractivity contribution >= 4 is 10.0 Å². The number of halogens is 1. The Morgan fingerprint density at radius 3 is 2.33 bits per heavy atom. The molecule has 0 spiro atoms. The summed E-state index contributed by atoms with van der Waals surface area (Å²) < 4.78 is 45.6. The SMILES string of the molecule is COc1ccc(CN2CCN(S(=O)(=O)c3ccc(C#N)cc3)CC2)cc1F. The van der Waals surface area contributed by atoms with E-state index < -0.39 is 15.8 Å². The molecule has 0 aliphatic carbocycles. The lowest BCUT2D eigenvalue weighted by Gasteiger charge is -2.34. The number of hydrogen-bond donors (Lipinski definition) is 0. The maximum Gasteiger partial charge on any atom is 0.243 e.